The zero-order valence-electron chi connectivity index (χ0n) is 11.0. The van der Waals surface area contributed by atoms with E-state index in [9.17, 15) is 0 Å². The van der Waals surface area contributed by atoms with Crippen molar-refractivity contribution in [1.82, 2.24) is 9.97 Å². The first-order chi connectivity index (χ1) is 9.29. The molecule has 2 fully saturated rings. The first-order valence-corrected chi connectivity index (χ1v) is 10.1. The average Bonchev–Trinajstić information content (AvgIpc) is 3.27. The van der Waals surface area contributed by atoms with Crippen LogP contribution in [0.2, 0.25) is 0 Å². The van der Waals surface area contributed by atoms with Crippen molar-refractivity contribution in [2.45, 2.75) is 30.9 Å². The Morgan fingerprint density at radius 3 is 2.79 bits per heavy atom. The van der Waals surface area contributed by atoms with Crippen LogP contribution in [0.4, 0.5) is 5.82 Å². The minimum atomic E-state index is 0.477. The van der Waals surface area contributed by atoms with Crippen LogP contribution in [0, 0.1) is 3.57 Å². The van der Waals surface area contributed by atoms with Gasteiger partial charge in [0.1, 0.15) is 11.6 Å². The Kier molecular flexibility index (Phi) is 4.79. The molecule has 19 heavy (non-hydrogen) atoms. The summed E-state index contributed by atoms with van der Waals surface area (Å²) in [5.74, 6) is 6.43. The zero-order valence-corrected chi connectivity index (χ0v) is 14.8. The van der Waals surface area contributed by atoms with Gasteiger partial charge < -0.3 is 5.32 Å². The van der Waals surface area contributed by atoms with Gasteiger partial charge in [0.2, 0.25) is 0 Å². The molecule has 1 N–H and O–H groups in total. The van der Waals surface area contributed by atoms with E-state index in [-0.39, 0.29) is 0 Å². The molecule has 1 unspecified atom stereocenters. The molecule has 0 spiro atoms. The Morgan fingerprint density at radius 2 is 2.16 bits per heavy atom. The Labute approximate surface area is 136 Å². The van der Waals surface area contributed by atoms with Crippen molar-refractivity contribution < 1.29 is 0 Å². The monoisotopic (exact) mass is 407 g/mol. The number of rotatable bonds is 4. The van der Waals surface area contributed by atoms with Crippen LogP contribution >= 0.6 is 46.1 Å². The van der Waals surface area contributed by atoms with Crippen LogP contribution < -0.4 is 5.32 Å². The number of aromatic nitrogens is 2. The van der Waals surface area contributed by atoms with E-state index < -0.39 is 0 Å². The van der Waals surface area contributed by atoms with Crippen LogP contribution in [0.25, 0.3) is 0 Å². The minimum Gasteiger partial charge on any atom is -0.369 e. The maximum Gasteiger partial charge on any atom is 0.144 e. The van der Waals surface area contributed by atoms with E-state index >= 15 is 0 Å². The number of hydrogen-bond donors (Lipinski definition) is 1. The van der Waals surface area contributed by atoms with E-state index in [1.54, 1.807) is 0 Å². The van der Waals surface area contributed by atoms with Gasteiger partial charge in [-0.25, -0.2) is 9.97 Å². The quantitative estimate of drug-likeness (QED) is 0.767. The van der Waals surface area contributed by atoms with Gasteiger partial charge in [0.25, 0.3) is 0 Å². The van der Waals surface area contributed by atoms with Crippen molar-refractivity contribution in [3.8, 4) is 0 Å². The van der Waals surface area contributed by atoms with Crippen molar-refractivity contribution in [3.05, 3.63) is 15.1 Å². The van der Waals surface area contributed by atoms with Gasteiger partial charge in [-0.2, -0.15) is 11.8 Å². The summed E-state index contributed by atoms with van der Waals surface area (Å²) in [6.45, 7) is 3.04. The second-order valence-electron chi connectivity index (χ2n) is 4.87. The van der Waals surface area contributed by atoms with E-state index in [1.807, 2.05) is 23.5 Å². The third kappa shape index (κ3) is 3.32. The Morgan fingerprint density at radius 1 is 1.32 bits per heavy atom. The van der Waals surface area contributed by atoms with Gasteiger partial charge in [-0.1, -0.05) is 0 Å². The molecule has 1 aromatic rings. The van der Waals surface area contributed by atoms with Crippen molar-refractivity contribution in [2.24, 2.45) is 0 Å². The molecule has 2 aliphatic rings. The number of nitrogens with one attached hydrogen (secondary N) is 1. The fraction of sp³-hybridized carbons (Fsp3) is 0.692. The lowest BCUT2D eigenvalue weighted by Crippen LogP contribution is -2.15. The fourth-order valence-corrected chi connectivity index (χ4v) is 5.65. The summed E-state index contributed by atoms with van der Waals surface area (Å²) in [7, 11) is 0. The summed E-state index contributed by atoms with van der Waals surface area (Å²) >= 11 is 6.45. The highest BCUT2D eigenvalue weighted by molar-refractivity contribution is 14.1. The van der Waals surface area contributed by atoms with Gasteiger partial charge in [0.05, 0.1) is 14.5 Å². The van der Waals surface area contributed by atoms with Crippen molar-refractivity contribution >= 4 is 51.9 Å². The number of halogens is 1. The summed E-state index contributed by atoms with van der Waals surface area (Å²) in [6.07, 6.45) is 2.59. The maximum atomic E-state index is 4.91. The molecule has 1 atom stereocenters. The lowest BCUT2D eigenvalue weighted by atomic mass is 10.2. The summed E-state index contributed by atoms with van der Waals surface area (Å²) in [5, 5.41) is 3.88. The van der Waals surface area contributed by atoms with Gasteiger partial charge in [-0.3, -0.25) is 0 Å². The number of hydrogen-bond acceptors (Lipinski definition) is 5. The van der Waals surface area contributed by atoms with Crippen LogP contribution in [0.1, 0.15) is 42.5 Å². The average molecular weight is 407 g/mol. The second kappa shape index (κ2) is 6.39. The molecule has 6 heteroatoms. The van der Waals surface area contributed by atoms with Crippen LogP contribution in [0.5, 0.6) is 0 Å². The molecule has 3 nitrogen and oxygen atoms in total. The van der Waals surface area contributed by atoms with Crippen molar-refractivity contribution in [2.75, 3.05) is 29.1 Å². The SMILES string of the molecule is CCNc1nc(C2CSCCS2)nc(C2CC2)c1I. The van der Waals surface area contributed by atoms with Crippen LogP contribution in [-0.4, -0.2) is 33.8 Å². The Balaban J connectivity index is 1.93. The molecule has 1 saturated carbocycles. The smallest absolute Gasteiger partial charge is 0.144 e. The molecule has 1 aromatic heterocycles. The van der Waals surface area contributed by atoms with E-state index in [0.29, 0.717) is 11.2 Å². The zero-order chi connectivity index (χ0) is 13.2. The molecule has 2 heterocycles. The van der Waals surface area contributed by atoms with E-state index in [4.69, 9.17) is 9.97 Å². The molecule has 0 radical (unpaired) electrons. The first kappa shape index (κ1) is 14.3. The van der Waals surface area contributed by atoms with Gasteiger partial charge in [-0.15, -0.1) is 11.8 Å². The number of nitrogens with zero attached hydrogens (tertiary/aromatic N) is 2. The first-order valence-electron chi connectivity index (χ1n) is 6.80. The van der Waals surface area contributed by atoms with Gasteiger partial charge in [0.15, 0.2) is 0 Å². The van der Waals surface area contributed by atoms with Gasteiger partial charge in [0, 0.05) is 29.7 Å². The second-order valence-corrected chi connectivity index (χ2v) is 8.41. The van der Waals surface area contributed by atoms with E-state index in [0.717, 1.165) is 23.9 Å². The highest BCUT2D eigenvalue weighted by Crippen LogP contribution is 2.44. The molecule has 1 aliphatic carbocycles. The number of anilines is 1. The predicted octanol–water partition coefficient (Wildman–Crippen LogP) is 3.91. The number of thioether (sulfide) groups is 2. The summed E-state index contributed by atoms with van der Waals surface area (Å²) in [4.78, 5) is 9.70. The summed E-state index contributed by atoms with van der Waals surface area (Å²) in [5.41, 5.74) is 1.29. The topological polar surface area (TPSA) is 37.8 Å². The molecule has 3 rings (SSSR count). The van der Waals surface area contributed by atoms with Crippen LogP contribution in [0.15, 0.2) is 0 Å². The molecule has 0 amide bonds. The lowest BCUT2D eigenvalue weighted by Gasteiger charge is -2.21. The van der Waals surface area contributed by atoms with Crippen LogP contribution in [0.3, 0.4) is 0 Å². The molecule has 1 aliphatic heterocycles. The fourth-order valence-electron chi connectivity index (χ4n) is 2.18. The van der Waals surface area contributed by atoms with E-state index in [1.165, 1.54) is 33.6 Å². The van der Waals surface area contributed by atoms with Crippen molar-refractivity contribution in [3.63, 3.8) is 0 Å². The third-order valence-electron chi connectivity index (χ3n) is 3.31. The summed E-state index contributed by atoms with van der Waals surface area (Å²) in [6, 6.07) is 0. The highest BCUT2D eigenvalue weighted by Gasteiger charge is 2.31. The summed E-state index contributed by atoms with van der Waals surface area (Å²) < 4.78 is 1.24. The molecule has 104 valence electrons. The van der Waals surface area contributed by atoms with Crippen LogP contribution in [-0.2, 0) is 0 Å². The normalized spacial score (nSPS) is 23.4. The Bertz CT molecular complexity index is 459. The predicted molar refractivity (Wildman–Crippen MR) is 93.4 cm³/mol. The highest BCUT2D eigenvalue weighted by atomic mass is 127. The molecule has 0 bridgehead atoms. The molecule has 1 saturated heterocycles. The van der Waals surface area contributed by atoms with Gasteiger partial charge >= 0.3 is 0 Å². The third-order valence-corrected chi connectivity index (χ3v) is 7.12. The lowest BCUT2D eigenvalue weighted by molar-refractivity contribution is 0.863. The molecular formula is C13H18IN3S2. The maximum absolute atomic E-state index is 4.91. The minimum absolute atomic E-state index is 0.477. The Hall–Kier alpha value is 0.310. The van der Waals surface area contributed by atoms with E-state index in [2.05, 4.69) is 34.8 Å². The largest absolute Gasteiger partial charge is 0.369 e. The molecule has 0 aromatic carbocycles. The molecular weight excluding hydrogens is 389 g/mol. The van der Waals surface area contributed by atoms with Crippen molar-refractivity contribution in [1.29, 1.82) is 0 Å². The standard InChI is InChI=1S/C13H18IN3S2/c1-2-15-13-10(14)11(8-3-4-8)16-12(17-13)9-7-18-5-6-19-9/h8-9H,2-7H2,1H3,(H,15,16,17). The van der Waals surface area contributed by atoms with Gasteiger partial charge in [-0.05, 0) is 42.4 Å².